The van der Waals surface area contributed by atoms with Gasteiger partial charge in [0.25, 0.3) is 0 Å². The molecule has 3 heterocycles. The van der Waals surface area contributed by atoms with E-state index in [1.54, 1.807) is 0 Å². The van der Waals surface area contributed by atoms with Gasteiger partial charge in [-0.1, -0.05) is 12.1 Å². The second-order valence-corrected chi connectivity index (χ2v) is 7.60. The minimum atomic E-state index is -0.0399. The summed E-state index contributed by atoms with van der Waals surface area (Å²) in [7, 11) is 0. The number of anilines is 3. The molecular weight excluding hydrogens is 352 g/mol. The highest BCUT2D eigenvalue weighted by Gasteiger charge is 2.23. The third-order valence-corrected chi connectivity index (χ3v) is 5.40. The lowest BCUT2D eigenvalue weighted by molar-refractivity contribution is 0.208. The molecule has 0 aliphatic carbocycles. The van der Waals surface area contributed by atoms with Crippen LogP contribution < -0.4 is 15.1 Å². The van der Waals surface area contributed by atoms with Crippen LogP contribution in [0, 0.1) is 13.8 Å². The van der Waals surface area contributed by atoms with Gasteiger partial charge in [0.15, 0.2) is 0 Å². The van der Waals surface area contributed by atoms with E-state index in [1.165, 1.54) is 12.8 Å². The molecule has 2 aliphatic heterocycles. The first kappa shape index (κ1) is 18.5. The number of carbonyl (C=O) groups is 1. The molecule has 7 nitrogen and oxygen atoms in total. The number of rotatable bonds is 3. The fourth-order valence-corrected chi connectivity index (χ4v) is 3.87. The Kier molecular flexibility index (Phi) is 5.32. The Morgan fingerprint density at radius 1 is 0.893 bits per heavy atom. The third-order valence-electron chi connectivity index (χ3n) is 5.40. The van der Waals surface area contributed by atoms with E-state index < -0.39 is 0 Å². The third kappa shape index (κ3) is 4.18. The molecule has 0 atom stereocenters. The second-order valence-electron chi connectivity index (χ2n) is 7.60. The van der Waals surface area contributed by atoms with Gasteiger partial charge in [-0.25, -0.2) is 14.8 Å². The Morgan fingerprint density at radius 3 is 2.18 bits per heavy atom. The van der Waals surface area contributed by atoms with E-state index >= 15 is 0 Å². The van der Waals surface area contributed by atoms with Gasteiger partial charge in [0, 0.05) is 51.0 Å². The van der Waals surface area contributed by atoms with Gasteiger partial charge >= 0.3 is 6.03 Å². The van der Waals surface area contributed by atoms with E-state index in [2.05, 4.69) is 31.2 Å². The maximum atomic E-state index is 12.6. The molecular formula is C21H28N6O. The molecule has 0 unspecified atom stereocenters. The lowest BCUT2D eigenvalue weighted by Crippen LogP contribution is -2.50. The summed E-state index contributed by atoms with van der Waals surface area (Å²) in [5, 5.41) is 3.00. The molecule has 1 N–H and O–H groups in total. The van der Waals surface area contributed by atoms with Crippen LogP contribution in [-0.4, -0.2) is 60.2 Å². The van der Waals surface area contributed by atoms with Crippen molar-refractivity contribution in [1.29, 1.82) is 0 Å². The van der Waals surface area contributed by atoms with E-state index in [-0.39, 0.29) is 6.03 Å². The number of amides is 2. The summed E-state index contributed by atoms with van der Waals surface area (Å²) in [6.07, 6.45) is 2.46. The van der Waals surface area contributed by atoms with Gasteiger partial charge < -0.3 is 20.0 Å². The first-order chi connectivity index (χ1) is 13.6. The molecule has 28 heavy (non-hydrogen) atoms. The van der Waals surface area contributed by atoms with Crippen LogP contribution in [0.5, 0.6) is 0 Å². The van der Waals surface area contributed by atoms with Crippen LogP contribution in [0.4, 0.5) is 22.1 Å². The second kappa shape index (κ2) is 8.04. The summed E-state index contributed by atoms with van der Waals surface area (Å²) in [6.45, 7) is 9.03. The zero-order valence-electron chi connectivity index (χ0n) is 16.7. The van der Waals surface area contributed by atoms with Crippen molar-refractivity contribution in [2.24, 2.45) is 0 Å². The topological polar surface area (TPSA) is 64.6 Å². The Balaban J connectivity index is 1.38. The zero-order chi connectivity index (χ0) is 19.5. The van der Waals surface area contributed by atoms with E-state index in [4.69, 9.17) is 0 Å². The van der Waals surface area contributed by atoms with E-state index in [1.807, 2.05) is 43.0 Å². The highest BCUT2D eigenvalue weighted by molar-refractivity contribution is 5.89. The van der Waals surface area contributed by atoms with Crippen LogP contribution in [0.2, 0.25) is 0 Å². The van der Waals surface area contributed by atoms with E-state index in [0.29, 0.717) is 13.1 Å². The molecule has 4 rings (SSSR count). The van der Waals surface area contributed by atoms with Gasteiger partial charge in [-0.2, -0.15) is 0 Å². The maximum Gasteiger partial charge on any atom is 0.321 e. The number of carbonyl (C=O) groups excluding carboxylic acids is 1. The molecule has 1 aromatic carbocycles. The SMILES string of the molecule is Cc1cccc(NC(=O)N2CCN(c3cc(N4CCCC4)nc(C)n3)CC2)c1. The van der Waals surface area contributed by atoms with Crippen molar-refractivity contribution in [2.45, 2.75) is 26.7 Å². The molecule has 0 bridgehead atoms. The molecule has 2 aliphatic rings. The van der Waals surface area contributed by atoms with E-state index in [0.717, 1.165) is 54.9 Å². The van der Waals surface area contributed by atoms with Crippen molar-refractivity contribution in [3.05, 3.63) is 41.7 Å². The average molecular weight is 380 g/mol. The lowest BCUT2D eigenvalue weighted by atomic mass is 10.2. The maximum absolute atomic E-state index is 12.6. The van der Waals surface area contributed by atoms with Crippen LogP contribution in [0.15, 0.2) is 30.3 Å². The minimum absolute atomic E-state index is 0.0399. The summed E-state index contributed by atoms with van der Waals surface area (Å²) in [6, 6.07) is 9.94. The van der Waals surface area contributed by atoms with Crippen molar-refractivity contribution >= 4 is 23.4 Å². The normalized spacial score (nSPS) is 17.1. The van der Waals surface area contributed by atoms with Crippen LogP contribution >= 0.6 is 0 Å². The van der Waals surface area contributed by atoms with Crippen LogP contribution in [0.1, 0.15) is 24.2 Å². The number of benzene rings is 1. The fourth-order valence-electron chi connectivity index (χ4n) is 3.87. The summed E-state index contributed by atoms with van der Waals surface area (Å²) < 4.78 is 0. The molecule has 2 saturated heterocycles. The molecule has 0 saturated carbocycles. The van der Waals surface area contributed by atoms with Gasteiger partial charge in [-0.3, -0.25) is 0 Å². The first-order valence-corrected chi connectivity index (χ1v) is 10.1. The number of hydrogen-bond donors (Lipinski definition) is 1. The van der Waals surface area contributed by atoms with Gasteiger partial charge in [0.1, 0.15) is 17.5 Å². The van der Waals surface area contributed by atoms with Crippen LogP contribution in [-0.2, 0) is 0 Å². The Labute approximate surface area is 166 Å². The van der Waals surface area contributed by atoms with E-state index in [9.17, 15) is 4.79 Å². The molecule has 7 heteroatoms. The Hall–Kier alpha value is -2.83. The molecule has 2 amide bonds. The molecule has 0 spiro atoms. The summed E-state index contributed by atoms with van der Waals surface area (Å²) >= 11 is 0. The predicted octanol–water partition coefficient (Wildman–Crippen LogP) is 3.05. The highest BCUT2D eigenvalue weighted by atomic mass is 16.2. The minimum Gasteiger partial charge on any atom is -0.356 e. The molecule has 2 aromatic rings. The number of nitrogens with zero attached hydrogens (tertiary/aromatic N) is 5. The molecule has 148 valence electrons. The van der Waals surface area contributed by atoms with Gasteiger partial charge in [0.2, 0.25) is 0 Å². The monoisotopic (exact) mass is 380 g/mol. The lowest BCUT2D eigenvalue weighted by Gasteiger charge is -2.35. The van der Waals surface area contributed by atoms with Crippen molar-refractivity contribution in [2.75, 3.05) is 54.4 Å². The van der Waals surface area contributed by atoms with Crippen LogP contribution in [0.25, 0.3) is 0 Å². The first-order valence-electron chi connectivity index (χ1n) is 10.1. The number of hydrogen-bond acceptors (Lipinski definition) is 5. The fraction of sp³-hybridized carbons (Fsp3) is 0.476. The quantitative estimate of drug-likeness (QED) is 0.887. The Morgan fingerprint density at radius 2 is 1.54 bits per heavy atom. The number of urea groups is 1. The highest BCUT2D eigenvalue weighted by Crippen LogP contribution is 2.23. The molecule has 1 aromatic heterocycles. The van der Waals surface area contributed by atoms with Crippen molar-refractivity contribution < 1.29 is 4.79 Å². The number of aryl methyl sites for hydroxylation is 2. The van der Waals surface area contributed by atoms with Crippen LogP contribution in [0.3, 0.4) is 0 Å². The zero-order valence-corrected chi connectivity index (χ0v) is 16.7. The predicted molar refractivity (Wildman–Crippen MR) is 112 cm³/mol. The summed E-state index contributed by atoms with van der Waals surface area (Å²) in [5.41, 5.74) is 1.98. The number of aromatic nitrogens is 2. The van der Waals surface area contributed by atoms with Gasteiger partial charge in [-0.15, -0.1) is 0 Å². The average Bonchev–Trinajstić information content (AvgIpc) is 3.22. The molecule has 2 fully saturated rings. The smallest absolute Gasteiger partial charge is 0.321 e. The van der Waals surface area contributed by atoms with Gasteiger partial charge in [0.05, 0.1) is 0 Å². The van der Waals surface area contributed by atoms with Crippen molar-refractivity contribution in [3.8, 4) is 0 Å². The molecule has 0 radical (unpaired) electrons. The largest absolute Gasteiger partial charge is 0.356 e. The van der Waals surface area contributed by atoms with Crippen molar-refractivity contribution in [3.63, 3.8) is 0 Å². The summed E-state index contributed by atoms with van der Waals surface area (Å²) in [5.74, 6) is 2.80. The summed E-state index contributed by atoms with van der Waals surface area (Å²) in [4.78, 5) is 28.3. The number of nitrogens with one attached hydrogen (secondary N) is 1. The number of piperazine rings is 1. The Bertz CT molecular complexity index is 841. The van der Waals surface area contributed by atoms with Gasteiger partial charge in [-0.05, 0) is 44.4 Å². The van der Waals surface area contributed by atoms with Crippen molar-refractivity contribution in [1.82, 2.24) is 14.9 Å². The standard InChI is InChI=1S/C21H28N6O/c1-16-6-5-7-18(14-16)24-21(28)27-12-10-26(11-13-27)20-15-19(22-17(2)23-20)25-8-3-4-9-25/h5-7,14-15H,3-4,8-13H2,1-2H3,(H,24,28).